The van der Waals surface area contributed by atoms with Gasteiger partial charge in [0.25, 0.3) is 0 Å². The molecule has 0 saturated carbocycles. The lowest BCUT2D eigenvalue weighted by molar-refractivity contribution is 0.603. The van der Waals surface area contributed by atoms with Crippen LogP contribution in [0.25, 0.3) is 0 Å². The third kappa shape index (κ3) is 2.82. The van der Waals surface area contributed by atoms with Crippen molar-refractivity contribution >= 4 is 23.1 Å². The highest BCUT2D eigenvalue weighted by Gasteiger charge is 2.18. The predicted octanol–water partition coefficient (Wildman–Crippen LogP) is 1.01. The summed E-state index contributed by atoms with van der Waals surface area (Å²) in [5.74, 6) is 0. The molecule has 0 aliphatic carbocycles. The Hall–Kier alpha value is -0.0800. The molecule has 0 spiro atoms. The van der Waals surface area contributed by atoms with Crippen LogP contribution in [0, 0.1) is 11.3 Å². The number of halogens is 1. The van der Waals surface area contributed by atoms with Gasteiger partial charge >= 0.3 is 0 Å². The van der Waals surface area contributed by atoms with E-state index in [0.29, 0.717) is 6.42 Å². The van der Waals surface area contributed by atoms with Crippen LogP contribution in [-0.2, 0) is 8.27 Å². The van der Waals surface area contributed by atoms with Crippen molar-refractivity contribution < 1.29 is 8.42 Å². The zero-order valence-electron chi connectivity index (χ0n) is 4.83. The average Bonchev–Trinajstić information content (AvgIpc) is 1.65. The highest BCUT2D eigenvalue weighted by atomic mass is 79.9. The minimum atomic E-state index is -3.31. The number of nitriles is 1. The van der Waals surface area contributed by atoms with Gasteiger partial charge in [-0.3, -0.25) is 0 Å². The fourth-order valence-electron chi connectivity index (χ4n) is 0.353. The first-order valence-electron chi connectivity index (χ1n) is 2.35. The van der Waals surface area contributed by atoms with Gasteiger partial charge in [-0.25, -0.2) is 8.42 Å². The third-order valence-corrected chi connectivity index (χ3v) is 3.33. The lowest BCUT2D eigenvalue weighted by atomic mass is 10.4. The molecule has 0 aromatic heterocycles. The van der Waals surface area contributed by atoms with Gasteiger partial charge in [0.05, 0.1) is 20.9 Å². The average molecular weight is 212 g/mol. The largest absolute Gasteiger partial charge is 0.225 e. The first-order chi connectivity index (χ1) is 4.02. The van der Waals surface area contributed by atoms with Crippen molar-refractivity contribution in [2.75, 3.05) is 0 Å². The first kappa shape index (κ1) is 8.92. The molecule has 0 amide bonds. The summed E-state index contributed by atoms with van der Waals surface area (Å²) in [6.07, 6.45) is 0.323. The van der Waals surface area contributed by atoms with Gasteiger partial charge in [-0.2, -0.15) is 5.26 Å². The topological polar surface area (TPSA) is 57.9 Å². The number of rotatable bonds is 2. The molecule has 0 aromatic rings. The van der Waals surface area contributed by atoms with Gasteiger partial charge in [0.1, 0.15) is 0 Å². The summed E-state index contributed by atoms with van der Waals surface area (Å²) < 4.78 is 21.0. The van der Waals surface area contributed by atoms with Crippen LogP contribution in [0.2, 0.25) is 0 Å². The van der Waals surface area contributed by atoms with Crippen molar-refractivity contribution in [2.45, 2.75) is 18.6 Å². The quantitative estimate of drug-likeness (QED) is 0.642. The molecule has 52 valence electrons. The smallest absolute Gasteiger partial charge is 0.216 e. The Morgan fingerprint density at radius 1 is 1.78 bits per heavy atom. The molecule has 1 atom stereocenters. The van der Waals surface area contributed by atoms with Crippen molar-refractivity contribution in [3.05, 3.63) is 0 Å². The standard InChI is InChI=1S/C4H6BrNO2S/c1-2-4(3-6)9(5,7)8/h4H,2H2,1H3. The summed E-state index contributed by atoms with van der Waals surface area (Å²) >= 11 is 2.42. The van der Waals surface area contributed by atoms with Gasteiger partial charge in [-0.05, 0) is 6.42 Å². The molecule has 0 fully saturated rings. The Labute approximate surface area is 61.8 Å². The fraction of sp³-hybridized carbons (Fsp3) is 0.750. The van der Waals surface area contributed by atoms with E-state index in [4.69, 9.17) is 5.26 Å². The van der Waals surface area contributed by atoms with Gasteiger partial charge in [-0.15, -0.1) is 0 Å². The van der Waals surface area contributed by atoms with E-state index in [1.54, 1.807) is 13.0 Å². The predicted molar refractivity (Wildman–Crippen MR) is 37.5 cm³/mol. The monoisotopic (exact) mass is 211 g/mol. The molecule has 0 aromatic carbocycles. The molecule has 0 aliphatic heterocycles. The third-order valence-electron chi connectivity index (χ3n) is 0.855. The molecular weight excluding hydrogens is 206 g/mol. The molecular formula is C4H6BrNO2S. The maximum atomic E-state index is 10.5. The molecule has 9 heavy (non-hydrogen) atoms. The Bertz CT molecular complexity index is 215. The van der Waals surface area contributed by atoms with E-state index in [1.807, 2.05) is 0 Å². The van der Waals surface area contributed by atoms with Crippen LogP contribution in [0.3, 0.4) is 0 Å². The zero-order chi connectivity index (χ0) is 7.49. The van der Waals surface area contributed by atoms with Crippen molar-refractivity contribution in [3.8, 4) is 6.07 Å². The maximum Gasteiger partial charge on any atom is 0.225 e. The summed E-state index contributed by atoms with van der Waals surface area (Å²) in [6.45, 7) is 1.65. The molecule has 3 nitrogen and oxygen atoms in total. The minimum absolute atomic E-state index is 0.323. The molecule has 0 N–H and O–H groups in total. The van der Waals surface area contributed by atoms with E-state index in [1.165, 1.54) is 0 Å². The molecule has 0 bridgehead atoms. The van der Waals surface area contributed by atoms with Crippen LogP contribution in [0.4, 0.5) is 0 Å². The fourth-order valence-corrected chi connectivity index (χ4v) is 1.92. The van der Waals surface area contributed by atoms with E-state index in [-0.39, 0.29) is 0 Å². The van der Waals surface area contributed by atoms with E-state index in [2.05, 4.69) is 14.8 Å². The van der Waals surface area contributed by atoms with Crippen LogP contribution in [0.1, 0.15) is 13.3 Å². The van der Waals surface area contributed by atoms with Crippen LogP contribution < -0.4 is 0 Å². The van der Waals surface area contributed by atoms with Crippen LogP contribution in [0.15, 0.2) is 0 Å². The second-order valence-electron chi connectivity index (χ2n) is 1.50. The second-order valence-corrected chi connectivity index (χ2v) is 5.73. The highest BCUT2D eigenvalue weighted by Crippen LogP contribution is 2.11. The van der Waals surface area contributed by atoms with Crippen molar-refractivity contribution in [1.82, 2.24) is 0 Å². The summed E-state index contributed by atoms with van der Waals surface area (Å²) in [5, 5.41) is 7.30. The molecule has 0 radical (unpaired) electrons. The van der Waals surface area contributed by atoms with Crippen molar-refractivity contribution in [2.24, 2.45) is 0 Å². The first-order valence-corrected chi connectivity index (χ1v) is 5.74. The molecule has 0 saturated heterocycles. The Balaban J connectivity index is 4.38. The number of hydrogen-bond acceptors (Lipinski definition) is 3. The number of hydrogen-bond donors (Lipinski definition) is 0. The van der Waals surface area contributed by atoms with E-state index >= 15 is 0 Å². The molecule has 0 aliphatic rings. The highest BCUT2D eigenvalue weighted by molar-refractivity contribution is 9.47. The van der Waals surface area contributed by atoms with E-state index in [9.17, 15) is 8.42 Å². The molecule has 1 unspecified atom stereocenters. The van der Waals surface area contributed by atoms with Crippen molar-refractivity contribution in [3.63, 3.8) is 0 Å². The summed E-state index contributed by atoms with van der Waals surface area (Å²) in [6, 6.07) is 1.66. The zero-order valence-corrected chi connectivity index (χ0v) is 7.24. The summed E-state index contributed by atoms with van der Waals surface area (Å²) in [5.41, 5.74) is 0. The Morgan fingerprint density at radius 3 is 2.22 bits per heavy atom. The Kier molecular flexibility index (Phi) is 3.15. The second kappa shape index (κ2) is 3.18. The lowest BCUT2D eigenvalue weighted by Crippen LogP contribution is -2.10. The number of nitrogens with zero attached hydrogens (tertiary/aromatic N) is 1. The summed E-state index contributed by atoms with van der Waals surface area (Å²) in [4.78, 5) is 0. The van der Waals surface area contributed by atoms with Crippen molar-refractivity contribution in [1.29, 1.82) is 5.26 Å². The SMILES string of the molecule is CCC(C#N)S(=O)(=O)Br. The maximum absolute atomic E-state index is 10.5. The normalized spacial score (nSPS) is 14.3. The van der Waals surface area contributed by atoms with Crippen LogP contribution in [-0.4, -0.2) is 13.7 Å². The molecule has 5 heteroatoms. The van der Waals surface area contributed by atoms with Gasteiger partial charge in [0.15, 0.2) is 5.25 Å². The van der Waals surface area contributed by atoms with E-state index in [0.717, 1.165) is 0 Å². The van der Waals surface area contributed by atoms with Gasteiger partial charge in [-0.1, -0.05) is 6.92 Å². The molecule has 0 heterocycles. The van der Waals surface area contributed by atoms with Gasteiger partial charge in [0, 0.05) is 0 Å². The summed E-state index contributed by atoms with van der Waals surface area (Å²) in [7, 11) is -3.31. The Morgan fingerprint density at radius 2 is 2.22 bits per heavy atom. The van der Waals surface area contributed by atoms with Gasteiger partial charge < -0.3 is 0 Å². The van der Waals surface area contributed by atoms with E-state index < -0.39 is 13.5 Å². The van der Waals surface area contributed by atoms with Crippen LogP contribution in [0.5, 0.6) is 0 Å². The minimum Gasteiger partial charge on any atom is -0.216 e. The van der Waals surface area contributed by atoms with Crippen LogP contribution >= 0.6 is 14.8 Å². The lowest BCUT2D eigenvalue weighted by Gasteiger charge is -1.97. The molecule has 0 rings (SSSR count). The van der Waals surface area contributed by atoms with Gasteiger partial charge in [0.2, 0.25) is 8.27 Å².